The highest BCUT2D eigenvalue weighted by molar-refractivity contribution is 5.99. The Morgan fingerprint density at radius 2 is 2.03 bits per heavy atom. The molecule has 1 aromatic carbocycles. The van der Waals surface area contributed by atoms with Gasteiger partial charge in [0.05, 0.1) is 11.9 Å². The number of likely N-dealkylation sites (tertiary alicyclic amines) is 1. The molecule has 0 unspecified atom stereocenters. The Bertz CT molecular complexity index is 1120. The lowest BCUT2D eigenvalue weighted by atomic mass is 10.0. The van der Waals surface area contributed by atoms with Crippen LogP contribution in [0.3, 0.4) is 0 Å². The summed E-state index contributed by atoms with van der Waals surface area (Å²) >= 11 is 0. The predicted octanol–water partition coefficient (Wildman–Crippen LogP) is 2.72. The van der Waals surface area contributed by atoms with Crippen LogP contribution in [0.15, 0.2) is 61.6 Å². The van der Waals surface area contributed by atoms with Crippen LogP contribution in [0.2, 0.25) is 0 Å². The minimum Gasteiger partial charge on any atom is -0.350 e. The molecule has 1 fully saturated rings. The van der Waals surface area contributed by atoms with Crippen molar-refractivity contribution >= 4 is 23.5 Å². The van der Waals surface area contributed by atoms with Gasteiger partial charge in [-0.2, -0.15) is 5.10 Å². The van der Waals surface area contributed by atoms with Gasteiger partial charge in [-0.25, -0.2) is 9.97 Å². The zero-order valence-corrected chi connectivity index (χ0v) is 17.9. The van der Waals surface area contributed by atoms with E-state index in [0.29, 0.717) is 30.3 Å². The Hall–Kier alpha value is -4.01. The number of aromatic nitrogens is 4. The molecule has 1 aliphatic rings. The molecular weight excluding hydrogens is 406 g/mol. The zero-order valence-electron chi connectivity index (χ0n) is 17.9. The number of nitrogens with zero attached hydrogens (tertiary/aromatic N) is 5. The van der Waals surface area contributed by atoms with Crippen LogP contribution in [-0.2, 0) is 11.8 Å². The molecular formula is C23H25N7O2. The van der Waals surface area contributed by atoms with Crippen LogP contribution in [0, 0.1) is 0 Å². The maximum absolute atomic E-state index is 13.0. The standard InChI is InChI=1S/C23H25N7O2/c1-3-21(31)26-18-8-6-16(7-9-18)22(32)30-12-4-5-19(15-30)27-23-24-11-10-20(28-23)17-13-25-29(2)14-17/h3,6-11,13-14,19H,1,4-5,12,15H2,2H3,(H,26,31)(H,24,27,28)/t19-/m1/s1. The third kappa shape index (κ3) is 5.00. The van der Waals surface area contributed by atoms with Crippen molar-refractivity contribution in [3.63, 3.8) is 0 Å². The number of aryl methyl sites for hydroxylation is 1. The summed E-state index contributed by atoms with van der Waals surface area (Å²) in [6.07, 6.45) is 8.41. The SMILES string of the molecule is C=CC(=O)Nc1ccc(C(=O)N2CCC[C@@H](Nc3nccc(-c4cnn(C)c4)n3)C2)cc1. The monoisotopic (exact) mass is 431 g/mol. The topological polar surface area (TPSA) is 105 Å². The van der Waals surface area contributed by atoms with E-state index in [0.717, 1.165) is 24.1 Å². The van der Waals surface area contributed by atoms with Crippen LogP contribution < -0.4 is 10.6 Å². The molecule has 2 aromatic heterocycles. The van der Waals surface area contributed by atoms with Crippen LogP contribution >= 0.6 is 0 Å². The van der Waals surface area contributed by atoms with E-state index in [2.05, 4.69) is 32.3 Å². The lowest BCUT2D eigenvalue weighted by Crippen LogP contribution is -2.45. The smallest absolute Gasteiger partial charge is 0.253 e. The number of amides is 2. The van der Waals surface area contributed by atoms with Crippen molar-refractivity contribution in [2.75, 3.05) is 23.7 Å². The number of carbonyl (C=O) groups excluding carboxylic acids is 2. The molecule has 0 bridgehead atoms. The van der Waals surface area contributed by atoms with Gasteiger partial charge in [-0.1, -0.05) is 6.58 Å². The van der Waals surface area contributed by atoms with Crippen molar-refractivity contribution in [1.29, 1.82) is 0 Å². The number of benzene rings is 1. The Morgan fingerprint density at radius 1 is 1.22 bits per heavy atom. The molecule has 1 atom stereocenters. The fourth-order valence-corrected chi connectivity index (χ4v) is 3.68. The van der Waals surface area contributed by atoms with Crippen LogP contribution in [0.25, 0.3) is 11.3 Å². The van der Waals surface area contributed by atoms with E-state index >= 15 is 0 Å². The summed E-state index contributed by atoms with van der Waals surface area (Å²) in [5.74, 6) is 0.208. The second kappa shape index (κ2) is 9.42. The molecule has 9 nitrogen and oxygen atoms in total. The van der Waals surface area contributed by atoms with E-state index < -0.39 is 0 Å². The second-order valence-electron chi connectivity index (χ2n) is 7.67. The van der Waals surface area contributed by atoms with Crippen molar-refractivity contribution < 1.29 is 9.59 Å². The number of hydrogen-bond acceptors (Lipinski definition) is 6. The van der Waals surface area contributed by atoms with Gasteiger partial charge in [0.25, 0.3) is 5.91 Å². The molecule has 2 amide bonds. The summed E-state index contributed by atoms with van der Waals surface area (Å²) in [7, 11) is 1.86. The molecule has 32 heavy (non-hydrogen) atoms. The molecule has 3 aromatic rings. The van der Waals surface area contributed by atoms with Gasteiger partial charge in [-0.15, -0.1) is 0 Å². The first-order chi connectivity index (χ1) is 15.5. The number of carbonyl (C=O) groups is 2. The van der Waals surface area contributed by atoms with Gasteiger partial charge in [-0.3, -0.25) is 14.3 Å². The third-order valence-corrected chi connectivity index (χ3v) is 5.28. The molecule has 4 rings (SSSR count). The highest BCUT2D eigenvalue weighted by Crippen LogP contribution is 2.20. The molecule has 0 saturated carbocycles. The summed E-state index contributed by atoms with van der Waals surface area (Å²) in [4.78, 5) is 35.2. The minimum absolute atomic E-state index is 0.0388. The first-order valence-corrected chi connectivity index (χ1v) is 10.4. The Morgan fingerprint density at radius 3 is 2.75 bits per heavy atom. The third-order valence-electron chi connectivity index (χ3n) is 5.28. The first-order valence-electron chi connectivity index (χ1n) is 10.4. The van der Waals surface area contributed by atoms with Gasteiger partial charge in [0.15, 0.2) is 0 Å². The average Bonchev–Trinajstić information content (AvgIpc) is 3.26. The highest BCUT2D eigenvalue weighted by atomic mass is 16.2. The van der Waals surface area contributed by atoms with Crippen LogP contribution in [0.1, 0.15) is 23.2 Å². The van der Waals surface area contributed by atoms with Crippen molar-refractivity contribution in [3.05, 3.63) is 67.1 Å². The molecule has 0 radical (unpaired) electrons. The van der Waals surface area contributed by atoms with E-state index in [1.807, 2.05) is 24.2 Å². The molecule has 9 heteroatoms. The van der Waals surface area contributed by atoms with Gasteiger partial charge in [-0.05, 0) is 49.2 Å². The summed E-state index contributed by atoms with van der Waals surface area (Å²) in [5, 5.41) is 10.2. The lowest BCUT2D eigenvalue weighted by Gasteiger charge is -2.33. The molecule has 1 saturated heterocycles. The predicted molar refractivity (Wildman–Crippen MR) is 122 cm³/mol. The second-order valence-corrected chi connectivity index (χ2v) is 7.67. The molecule has 164 valence electrons. The van der Waals surface area contributed by atoms with Gasteiger partial charge < -0.3 is 15.5 Å². The van der Waals surface area contributed by atoms with Gasteiger partial charge in [0.1, 0.15) is 0 Å². The zero-order chi connectivity index (χ0) is 22.5. The number of rotatable bonds is 6. The molecule has 0 aliphatic carbocycles. The summed E-state index contributed by atoms with van der Waals surface area (Å²) < 4.78 is 1.73. The van der Waals surface area contributed by atoms with Crippen LogP contribution in [0.4, 0.5) is 11.6 Å². The number of piperidine rings is 1. The Labute approximate surface area is 186 Å². The molecule has 3 heterocycles. The summed E-state index contributed by atoms with van der Waals surface area (Å²) in [6, 6.07) is 8.78. The van der Waals surface area contributed by atoms with Gasteiger partial charge in [0, 0.05) is 55.4 Å². The van der Waals surface area contributed by atoms with Gasteiger partial charge >= 0.3 is 0 Å². The Kier molecular flexibility index (Phi) is 6.25. The van der Waals surface area contributed by atoms with E-state index in [1.165, 1.54) is 6.08 Å². The van der Waals surface area contributed by atoms with E-state index in [1.54, 1.807) is 41.3 Å². The summed E-state index contributed by atoms with van der Waals surface area (Å²) in [5.41, 5.74) is 2.92. The normalized spacial score (nSPS) is 15.8. The van der Waals surface area contributed by atoms with Crippen molar-refractivity contribution in [1.82, 2.24) is 24.6 Å². The largest absolute Gasteiger partial charge is 0.350 e. The maximum Gasteiger partial charge on any atom is 0.253 e. The maximum atomic E-state index is 13.0. The van der Waals surface area contributed by atoms with Crippen LogP contribution in [0.5, 0.6) is 0 Å². The quantitative estimate of drug-likeness (QED) is 0.582. The highest BCUT2D eigenvalue weighted by Gasteiger charge is 2.25. The van der Waals surface area contributed by atoms with E-state index in [4.69, 9.17) is 0 Å². The number of anilines is 2. The molecule has 0 spiro atoms. The molecule has 2 N–H and O–H groups in total. The minimum atomic E-state index is -0.288. The number of hydrogen-bond donors (Lipinski definition) is 2. The van der Waals surface area contributed by atoms with E-state index in [-0.39, 0.29) is 17.9 Å². The van der Waals surface area contributed by atoms with Crippen molar-refractivity contribution in [3.8, 4) is 11.3 Å². The first kappa shape index (κ1) is 21.2. The lowest BCUT2D eigenvalue weighted by molar-refractivity contribution is -0.111. The van der Waals surface area contributed by atoms with Crippen LogP contribution in [-0.4, -0.2) is 55.6 Å². The van der Waals surface area contributed by atoms with E-state index in [9.17, 15) is 9.59 Å². The fourth-order valence-electron chi connectivity index (χ4n) is 3.68. The fraction of sp³-hybridized carbons (Fsp3) is 0.261. The van der Waals surface area contributed by atoms with Gasteiger partial charge in [0.2, 0.25) is 11.9 Å². The van der Waals surface area contributed by atoms with Crippen molar-refractivity contribution in [2.24, 2.45) is 7.05 Å². The Balaban J connectivity index is 1.39. The van der Waals surface area contributed by atoms with Crippen molar-refractivity contribution in [2.45, 2.75) is 18.9 Å². The molecule has 1 aliphatic heterocycles. The average molecular weight is 432 g/mol. The summed E-state index contributed by atoms with van der Waals surface area (Å²) in [6.45, 7) is 4.69. The number of nitrogens with one attached hydrogen (secondary N) is 2.